The van der Waals surface area contributed by atoms with Gasteiger partial charge in [-0.25, -0.2) is 0 Å². The number of pyridine rings is 1. The Morgan fingerprint density at radius 1 is 1.24 bits per heavy atom. The van der Waals surface area contributed by atoms with Gasteiger partial charge >= 0.3 is 0 Å². The van der Waals surface area contributed by atoms with Crippen LogP contribution in [0.25, 0.3) is 0 Å². The molecule has 0 saturated carbocycles. The Hall–Kier alpha value is -2.70. The Labute approximate surface area is 174 Å². The molecule has 1 amide bonds. The van der Waals surface area contributed by atoms with Gasteiger partial charge in [0.2, 0.25) is 0 Å². The largest absolute Gasteiger partial charge is 0.489 e. The van der Waals surface area contributed by atoms with E-state index in [2.05, 4.69) is 16.4 Å². The molecular weight excluding hydrogens is 384 g/mol. The fourth-order valence-electron chi connectivity index (χ4n) is 3.42. The minimum Gasteiger partial charge on any atom is -0.489 e. The number of hydrogen-bond donors (Lipinski definition) is 0. The molecule has 1 saturated heterocycles. The Morgan fingerprint density at radius 2 is 2.21 bits per heavy atom. The van der Waals surface area contributed by atoms with Crippen molar-refractivity contribution in [3.63, 3.8) is 0 Å². The number of hydrogen-bond acceptors (Lipinski definition) is 5. The van der Waals surface area contributed by atoms with Crippen LogP contribution in [0.4, 0.5) is 0 Å². The smallest absolute Gasteiger partial charge is 0.255 e. The summed E-state index contributed by atoms with van der Waals surface area (Å²) < 4.78 is 11.7. The van der Waals surface area contributed by atoms with Gasteiger partial charge in [-0.2, -0.15) is 11.3 Å². The summed E-state index contributed by atoms with van der Waals surface area (Å²) in [6.07, 6.45) is 5.42. The lowest BCUT2D eigenvalue weighted by Crippen LogP contribution is -2.37. The van der Waals surface area contributed by atoms with Gasteiger partial charge in [-0.3, -0.25) is 9.78 Å². The molecule has 3 aromatic rings. The van der Waals surface area contributed by atoms with E-state index in [1.807, 2.05) is 34.5 Å². The van der Waals surface area contributed by atoms with Crippen LogP contribution < -0.4 is 4.74 Å². The third-order valence-corrected chi connectivity index (χ3v) is 5.63. The van der Waals surface area contributed by atoms with Gasteiger partial charge in [-0.05, 0) is 65.1 Å². The van der Waals surface area contributed by atoms with Crippen molar-refractivity contribution in [3.8, 4) is 5.75 Å². The minimum absolute atomic E-state index is 0.0294. The van der Waals surface area contributed by atoms with Crippen LogP contribution in [-0.2, 0) is 17.9 Å². The predicted molar refractivity (Wildman–Crippen MR) is 113 cm³/mol. The molecule has 150 valence electrons. The van der Waals surface area contributed by atoms with Crippen molar-refractivity contribution in [2.24, 2.45) is 0 Å². The number of carbonyl (C=O) groups is 1. The second-order valence-corrected chi connectivity index (χ2v) is 7.91. The number of benzene rings is 1. The van der Waals surface area contributed by atoms with Crippen molar-refractivity contribution >= 4 is 17.2 Å². The van der Waals surface area contributed by atoms with Crippen LogP contribution in [0, 0.1) is 0 Å². The standard InChI is InChI=1S/C23H24N2O3S/c26-23(20-5-2-9-24-13-20)25(15-22-7-3-10-27-22)14-18-4-1-6-21(12-18)28-16-19-8-11-29-17-19/h1-2,4-6,8-9,11-13,17,22H,3,7,10,14-16H2. The lowest BCUT2D eigenvalue weighted by molar-refractivity contribution is 0.0506. The summed E-state index contributed by atoms with van der Waals surface area (Å²) in [4.78, 5) is 19.0. The van der Waals surface area contributed by atoms with Gasteiger partial charge in [0.05, 0.1) is 11.7 Å². The molecule has 1 fully saturated rings. The van der Waals surface area contributed by atoms with Gasteiger partial charge in [0.15, 0.2) is 0 Å². The molecule has 1 aromatic carbocycles. The first-order chi connectivity index (χ1) is 14.3. The third kappa shape index (κ3) is 5.43. The quantitative estimate of drug-likeness (QED) is 0.549. The van der Waals surface area contributed by atoms with E-state index in [1.165, 1.54) is 0 Å². The van der Waals surface area contributed by atoms with E-state index in [0.29, 0.717) is 25.3 Å². The van der Waals surface area contributed by atoms with E-state index >= 15 is 0 Å². The van der Waals surface area contributed by atoms with E-state index in [9.17, 15) is 4.79 Å². The lowest BCUT2D eigenvalue weighted by Gasteiger charge is -2.26. The maximum Gasteiger partial charge on any atom is 0.255 e. The van der Waals surface area contributed by atoms with E-state index in [1.54, 1.807) is 35.9 Å². The van der Waals surface area contributed by atoms with Crippen LogP contribution in [0.1, 0.15) is 34.3 Å². The number of nitrogens with zero attached hydrogens (tertiary/aromatic N) is 2. The second-order valence-electron chi connectivity index (χ2n) is 7.13. The molecule has 0 aliphatic carbocycles. The van der Waals surface area contributed by atoms with Crippen molar-refractivity contribution in [1.29, 1.82) is 0 Å². The lowest BCUT2D eigenvalue weighted by atomic mass is 10.1. The summed E-state index contributed by atoms with van der Waals surface area (Å²) in [7, 11) is 0. The van der Waals surface area contributed by atoms with Gasteiger partial charge in [0.1, 0.15) is 12.4 Å². The van der Waals surface area contributed by atoms with E-state index in [-0.39, 0.29) is 12.0 Å². The van der Waals surface area contributed by atoms with Crippen molar-refractivity contribution in [1.82, 2.24) is 9.88 Å². The average molecular weight is 409 g/mol. The zero-order valence-corrected chi connectivity index (χ0v) is 17.0. The normalized spacial score (nSPS) is 15.9. The maximum atomic E-state index is 13.1. The SMILES string of the molecule is O=C(c1cccnc1)N(Cc1cccc(OCc2ccsc2)c1)CC1CCCO1. The summed E-state index contributed by atoms with van der Waals surface area (Å²) in [6.45, 7) is 2.39. The Balaban J connectivity index is 1.47. The summed E-state index contributed by atoms with van der Waals surface area (Å²) in [5, 5.41) is 4.13. The highest BCUT2D eigenvalue weighted by Crippen LogP contribution is 2.20. The van der Waals surface area contributed by atoms with Crippen LogP contribution >= 0.6 is 11.3 Å². The fourth-order valence-corrected chi connectivity index (χ4v) is 4.07. The molecular formula is C23H24N2O3S. The first kappa shape index (κ1) is 19.6. The number of aromatic nitrogens is 1. The van der Waals surface area contributed by atoms with Gasteiger partial charge in [0, 0.05) is 32.1 Å². The molecule has 0 N–H and O–H groups in total. The molecule has 0 radical (unpaired) electrons. The molecule has 1 unspecified atom stereocenters. The monoisotopic (exact) mass is 408 g/mol. The number of carbonyl (C=O) groups excluding carboxylic acids is 1. The molecule has 5 nitrogen and oxygen atoms in total. The third-order valence-electron chi connectivity index (χ3n) is 4.90. The molecule has 2 aromatic heterocycles. The number of amides is 1. The summed E-state index contributed by atoms with van der Waals surface area (Å²) in [5.41, 5.74) is 2.78. The molecule has 1 aliphatic rings. The first-order valence-electron chi connectivity index (χ1n) is 9.81. The van der Waals surface area contributed by atoms with E-state index < -0.39 is 0 Å². The van der Waals surface area contributed by atoms with Crippen molar-refractivity contribution in [2.45, 2.75) is 32.1 Å². The maximum absolute atomic E-state index is 13.1. The van der Waals surface area contributed by atoms with Crippen molar-refractivity contribution in [2.75, 3.05) is 13.2 Å². The van der Waals surface area contributed by atoms with Gasteiger partial charge in [-0.1, -0.05) is 12.1 Å². The van der Waals surface area contributed by atoms with Crippen LogP contribution in [0.5, 0.6) is 5.75 Å². The molecule has 6 heteroatoms. The van der Waals surface area contributed by atoms with Gasteiger partial charge in [0.25, 0.3) is 5.91 Å². The number of ether oxygens (including phenoxy) is 2. The summed E-state index contributed by atoms with van der Waals surface area (Å²) in [5.74, 6) is 0.776. The highest BCUT2D eigenvalue weighted by Gasteiger charge is 2.24. The van der Waals surface area contributed by atoms with E-state index in [4.69, 9.17) is 9.47 Å². The molecule has 0 spiro atoms. The zero-order chi connectivity index (χ0) is 19.9. The molecule has 29 heavy (non-hydrogen) atoms. The van der Waals surface area contributed by atoms with Crippen molar-refractivity contribution in [3.05, 3.63) is 82.3 Å². The highest BCUT2D eigenvalue weighted by atomic mass is 32.1. The second kappa shape index (κ2) is 9.67. The van der Waals surface area contributed by atoms with Crippen LogP contribution in [0.2, 0.25) is 0 Å². The Kier molecular flexibility index (Phi) is 6.54. The predicted octanol–water partition coefficient (Wildman–Crippen LogP) is 4.54. The molecule has 4 rings (SSSR count). The van der Waals surface area contributed by atoms with E-state index in [0.717, 1.165) is 36.3 Å². The van der Waals surface area contributed by atoms with Gasteiger partial charge < -0.3 is 14.4 Å². The van der Waals surface area contributed by atoms with Crippen LogP contribution in [0.3, 0.4) is 0 Å². The van der Waals surface area contributed by atoms with Crippen LogP contribution in [0.15, 0.2) is 65.6 Å². The molecule has 3 heterocycles. The molecule has 1 atom stereocenters. The topological polar surface area (TPSA) is 51.7 Å². The first-order valence-corrected chi connectivity index (χ1v) is 10.8. The Bertz CT molecular complexity index is 909. The number of thiophene rings is 1. The minimum atomic E-state index is -0.0294. The highest BCUT2D eigenvalue weighted by molar-refractivity contribution is 7.07. The van der Waals surface area contributed by atoms with Crippen LogP contribution in [-0.4, -0.2) is 35.0 Å². The Morgan fingerprint density at radius 3 is 2.97 bits per heavy atom. The molecule has 0 bridgehead atoms. The average Bonchev–Trinajstić information content (AvgIpc) is 3.46. The number of rotatable bonds is 8. The molecule has 1 aliphatic heterocycles. The fraction of sp³-hybridized carbons (Fsp3) is 0.304. The zero-order valence-electron chi connectivity index (χ0n) is 16.2. The van der Waals surface area contributed by atoms with Crippen molar-refractivity contribution < 1.29 is 14.3 Å². The summed E-state index contributed by atoms with van der Waals surface area (Å²) >= 11 is 1.66. The summed E-state index contributed by atoms with van der Waals surface area (Å²) in [6, 6.07) is 13.6. The van der Waals surface area contributed by atoms with Gasteiger partial charge in [-0.15, -0.1) is 0 Å².